The van der Waals surface area contributed by atoms with E-state index in [1.54, 1.807) is 14.2 Å². The molecule has 1 N–H and O–H groups in total. The maximum atomic E-state index is 5.58. The number of hydrogen-bond acceptors (Lipinski definition) is 6. The quantitative estimate of drug-likeness (QED) is 0.514. The van der Waals surface area contributed by atoms with Crippen LogP contribution in [0.4, 0.5) is 11.4 Å². The summed E-state index contributed by atoms with van der Waals surface area (Å²) in [4.78, 5) is 4.16. The van der Waals surface area contributed by atoms with E-state index in [2.05, 4.69) is 15.4 Å². The second-order valence-electron chi connectivity index (χ2n) is 6.44. The Hall–Kier alpha value is -3.32. The van der Waals surface area contributed by atoms with Gasteiger partial charge in [-0.2, -0.15) is 5.10 Å². The molecule has 0 aliphatic heterocycles. The number of nitrogens with zero attached hydrogens (tertiary/aromatic N) is 3. The third kappa shape index (κ3) is 3.44. The number of benzene rings is 2. The van der Waals surface area contributed by atoms with Crippen molar-refractivity contribution in [2.24, 2.45) is 0 Å². The summed E-state index contributed by atoms with van der Waals surface area (Å²) >= 11 is 0. The minimum Gasteiger partial charge on any atom is -0.496 e. The minimum absolute atomic E-state index is 0.621. The van der Waals surface area contributed by atoms with Gasteiger partial charge in [0.05, 0.1) is 37.2 Å². The summed E-state index contributed by atoms with van der Waals surface area (Å²) in [6, 6.07) is 12.0. The van der Waals surface area contributed by atoms with Crippen LogP contribution in [0.3, 0.4) is 0 Å². The van der Waals surface area contributed by atoms with E-state index in [1.807, 2.05) is 54.2 Å². The second kappa shape index (κ2) is 7.74. The standard InChI is InChI=1S/C21H22N4O3/c1-14-21(28-13-22-14)17-8-7-16(11-19(17)27-3)23-18-6-4-5-15-12-25(9-10-26-2)24-20(15)18/h4-8,11-13,23H,9-10H2,1-3H3. The molecule has 0 radical (unpaired) electrons. The van der Waals surface area contributed by atoms with Crippen LogP contribution < -0.4 is 10.1 Å². The summed E-state index contributed by atoms with van der Waals surface area (Å²) in [5.41, 5.74) is 4.43. The van der Waals surface area contributed by atoms with Gasteiger partial charge in [-0.3, -0.25) is 4.68 Å². The van der Waals surface area contributed by atoms with Crippen molar-refractivity contribution in [1.82, 2.24) is 14.8 Å². The Morgan fingerprint density at radius 1 is 1.18 bits per heavy atom. The molecule has 0 aliphatic carbocycles. The smallest absolute Gasteiger partial charge is 0.181 e. The topological polar surface area (TPSA) is 74.3 Å². The SMILES string of the molecule is COCCn1cc2cccc(Nc3ccc(-c4ocnc4C)c(OC)c3)c2n1. The zero-order chi connectivity index (χ0) is 19.5. The Morgan fingerprint density at radius 2 is 2.07 bits per heavy atom. The number of fused-ring (bicyclic) bond motifs is 1. The first-order chi connectivity index (χ1) is 13.7. The van der Waals surface area contributed by atoms with E-state index in [1.165, 1.54) is 6.39 Å². The lowest BCUT2D eigenvalue weighted by Gasteiger charge is -2.12. The van der Waals surface area contributed by atoms with Crippen LogP contribution >= 0.6 is 0 Å². The van der Waals surface area contributed by atoms with Crippen molar-refractivity contribution in [2.75, 3.05) is 26.1 Å². The van der Waals surface area contributed by atoms with Crippen molar-refractivity contribution in [3.8, 4) is 17.1 Å². The van der Waals surface area contributed by atoms with Gasteiger partial charge in [0.1, 0.15) is 11.3 Å². The van der Waals surface area contributed by atoms with Gasteiger partial charge in [0.2, 0.25) is 0 Å². The zero-order valence-electron chi connectivity index (χ0n) is 16.1. The highest BCUT2D eigenvalue weighted by atomic mass is 16.5. The average molecular weight is 378 g/mol. The van der Waals surface area contributed by atoms with Gasteiger partial charge in [0, 0.05) is 30.4 Å². The van der Waals surface area contributed by atoms with Crippen LogP contribution in [0.15, 0.2) is 53.4 Å². The average Bonchev–Trinajstić information content (AvgIpc) is 3.32. The summed E-state index contributed by atoms with van der Waals surface area (Å²) in [5, 5.41) is 9.19. The molecule has 4 aromatic rings. The van der Waals surface area contributed by atoms with Gasteiger partial charge in [-0.25, -0.2) is 4.98 Å². The Balaban J connectivity index is 1.66. The molecule has 2 aromatic heterocycles. The Kier molecular flexibility index (Phi) is 4.99. The predicted octanol–water partition coefficient (Wildman–Crippen LogP) is 4.40. The van der Waals surface area contributed by atoms with E-state index in [0.29, 0.717) is 24.7 Å². The molecule has 2 heterocycles. The summed E-state index contributed by atoms with van der Waals surface area (Å²) in [5.74, 6) is 1.42. The summed E-state index contributed by atoms with van der Waals surface area (Å²) in [7, 11) is 3.33. The fraction of sp³-hybridized carbons (Fsp3) is 0.238. The van der Waals surface area contributed by atoms with E-state index >= 15 is 0 Å². The van der Waals surface area contributed by atoms with Crippen LogP contribution in [0.5, 0.6) is 5.75 Å². The van der Waals surface area contributed by atoms with E-state index < -0.39 is 0 Å². The lowest BCUT2D eigenvalue weighted by molar-refractivity contribution is 0.184. The number of hydrogen-bond donors (Lipinski definition) is 1. The van der Waals surface area contributed by atoms with E-state index in [0.717, 1.165) is 33.5 Å². The predicted molar refractivity (Wildman–Crippen MR) is 108 cm³/mol. The van der Waals surface area contributed by atoms with Gasteiger partial charge in [-0.1, -0.05) is 12.1 Å². The molecule has 0 atom stereocenters. The molecule has 0 fully saturated rings. The Bertz CT molecular complexity index is 1100. The molecule has 0 saturated carbocycles. The molecular weight excluding hydrogens is 356 g/mol. The van der Waals surface area contributed by atoms with Crippen molar-refractivity contribution in [2.45, 2.75) is 13.5 Å². The first-order valence-corrected chi connectivity index (χ1v) is 9.00. The van der Waals surface area contributed by atoms with Gasteiger partial charge < -0.3 is 19.2 Å². The Morgan fingerprint density at radius 3 is 2.82 bits per heavy atom. The van der Waals surface area contributed by atoms with Crippen LogP contribution in [-0.4, -0.2) is 35.6 Å². The highest BCUT2D eigenvalue weighted by Crippen LogP contribution is 2.35. The molecule has 0 spiro atoms. The number of rotatable bonds is 7. The highest BCUT2D eigenvalue weighted by molar-refractivity contribution is 5.92. The summed E-state index contributed by atoms with van der Waals surface area (Å²) in [6.07, 6.45) is 3.47. The van der Waals surface area contributed by atoms with E-state index in [9.17, 15) is 0 Å². The number of methoxy groups -OCH3 is 2. The number of aryl methyl sites for hydroxylation is 1. The number of anilines is 2. The fourth-order valence-corrected chi connectivity index (χ4v) is 3.17. The van der Waals surface area contributed by atoms with Gasteiger partial charge in [-0.15, -0.1) is 0 Å². The largest absolute Gasteiger partial charge is 0.496 e. The summed E-state index contributed by atoms with van der Waals surface area (Å²) in [6.45, 7) is 3.24. The molecule has 144 valence electrons. The fourth-order valence-electron chi connectivity index (χ4n) is 3.17. The first kappa shape index (κ1) is 18.1. The second-order valence-corrected chi connectivity index (χ2v) is 6.44. The minimum atomic E-state index is 0.621. The monoisotopic (exact) mass is 378 g/mol. The molecule has 0 saturated heterocycles. The number of nitrogens with one attached hydrogen (secondary N) is 1. The van der Waals surface area contributed by atoms with Crippen molar-refractivity contribution >= 4 is 22.3 Å². The Labute approximate surface area is 162 Å². The van der Waals surface area contributed by atoms with Gasteiger partial charge in [0.25, 0.3) is 0 Å². The molecule has 0 aliphatic rings. The number of ether oxygens (including phenoxy) is 2. The van der Waals surface area contributed by atoms with Crippen LogP contribution in [0.1, 0.15) is 5.69 Å². The molecule has 7 heteroatoms. The maximum absolute atomic E-state index is 5.58. The normalized spacial score (nSPS) is 11.1. The molecule has 0 bridgehead atoms. The van der Waals surface area contributed by atoms with Crippen molar-refractivity contribution < 1.29 is 13.9 Å². The van der Waals surface area contributed by atoms with Crippen LogP contribution in [0, 0.1) is 6.92 Å². The first-order valence-electron chi connectivity index (χ1n) is 9.00. The van der Waals surface area contributed by atoms with Crippen molar-refractivity contribution in [3.63, 3.8) is 0 Å². The van der Waals surface area contributed by atoms with Crippen molar-refractivity contribution in [3.05, 3.63) is 54.7 Å². The van der Waals surface area contributed by atoms with E-state index in [4.69, 9.17) is 13.9 Å². The van der Waals surface area contributed by atoms with Crippen molar-refractivity contribution in [1.29, 1.82) is 0 Å². The molecular formula is C21H22N4O3. The van der Waals surface area contributed by atoms with E-state index in [-0.39, 0.29) is 0 Å². The highest BCUT2D eigenvalue weighted by Gasteiger charge is 2.14. The molecule has 0 unspecified atom stereocenters. The molecule has 2 aromatic carbocycles. The lowest BCUT2D eigenvalue weighted by Crippen LogP contribution is -2.04. The maximum Gasteiger partial charge on any atom is 0.181 e. The number of oxazole rings is 1. The number of aromatic nitrogens is 3. The third-order valence-corrected chi connectivity index (χ3v) is 4.58. The van der Waals surface area contributed by atoms with Gasteiger partial charge >= 0.3 is 0 Å². The van der Waals surface area contributed by atoms with Crippen LogP contribution in [0.25, 0.3) is 22.2 Å². The molecule has 4 rings (SSSR count). The molecule has 0 amide bonds. The molecule has 7 nitrogen and oxygen atoms in total. The van der Waals surface area contributed by atoms with Gasteiger partial charge in [-0.05, 0) is 25.1 Å². The zero-order valence-corrected chi connectivity index (χ0v) is 16.1. The summed E-state index contributed by atoms with van der Waals surface area (Å²) < 4.78 is 18.1. The van der Waals surface area contributed by atoms with Crippen LogP contribution in [0.2, 0.25) is 0 Å². The molecule has 28 heavy (non-hydrogen) atoms. The third-order valence-electron chi connectivity index (χ3n) is 4.58. The lowest BCUT2D eigenvalue weighted by atomic mass is 10.1. The van der Waals surface area contributed by atoms with Crippen LogP contribution in [-0.2, 0) is 11.3 Å². The van der Waals surface area contributed by atoms with Gasteiger partial charge in [0.15, 0.2) is 12.2 Å².